The van der Waals surface area contributed by atoms with E-state index in [2.05, 4.69) is 12.1 Å². The van der Waals surface area contributed by atoms with Crippen molar-refractivity contribution in [1.82, 2.24) is 5.06 Å². The van der Waals surface area contributed by atoms with E-state index in [1.807, 2.05) is 44.0 Å². The van der Waals surface area contributed by atoms with Crippen LogP contribution in [0.15, 0.2) is 54.1 Å². The van der Waals surface area contributed by atoms with Gasteiger partial charge in [-0.3, -0.25) is 14.4 Å². The van der Waals surface area contributed by atoms with Crippen LogP contribution in [0.25, 0.3) is 0 Å². The van der Waals surface area contributed by atoms with Crippen molar-refractivity contribution in [1.29, 1.82) is 0 Å². The molecule has 1 unspecified atom stereocenters. The van der Waals surface area contributed by atoms with Crippen molar-refractivity contribution in [2.24, 2.45) is 28.6 Å². The molecule has 1 N–H and O–H groups in total. The van der Waals surface area contributed by atoms with Gasteiger partial charge in [-0.2, -0.15) is 5.06 Å². The van der Waals surface area contributed by atoms with E-state index in [4.69, 9.17) is 4.84 Å². The second-order valence-corrected chi connectivity index (χ2v) is 15.1. The van der Waals surface area contributed by atoms with Crippen LogP contribution in [-0.2, 0) is 20.8 Å². The van der Waals surface area contributed by atoms with E-state index in [-0.39, 0.29) is 46.4 Å². The lowest BCUT2D eigenvalue weighted by Gasteiger charge is -2.63. The number of aliphatic hydroxyl groups excluding tert-OH is 1. The summed E-state index contributed by atoms with van der Waals surface area (Å²) in [5.74, 6) is -1.72. The molecule has 1 heterocycles. The third-order valence-corrected chi connectivity index (χ3v) is 12.8. The molecule has 5 aliphatic rings. The molecule has 0 spiro atoms. The van der Waals surface area contributed by atoms with Crippen molar-refractivity contribution < 1.29 is 28.3 Å². The number of hydroxylamine groups is 2. The molecule has 5 nitrogen and oxygen atoms in total. The number of thioether (sulfide) groups is 1. The number of carbonyl (C=O) groups excluding carboxylic acids is 2. The predicted octanol–water partition coefficient (Wildman–Crippen LogP) is 6.21. The van der Waals surface area contributed by atoms with Crippen LogP contribution in [0.4, 0.5) is 8.78 Å². The summed E-state index contributed by atoms with van der Waals surface area (Å²) in [6.07, 6.45) is 4.06. The summed E-state index contributed by atoms with van der Waals surface area (Å²) >= 11 is 1.29. The van der Waals surface area contributed by atoms with E-state index in [1.54, 1.807) is 6.92 Å². The Hall–Kier alpha value is -1.87. The second kappa shape index (κ2) is 10.6. The average molecular weight is 600 g/mol. The van der Waals surface area contributed by atoms with Gasteiger partial charge in [-0.15, -0.1) is 0 Å². The van der Waals surface area contributed by atoms with Crippen LogP contribution in [-0.4, -0.2) is 63.0 Å². The van der Waals surface area contributed by atoms with Gasteiger partial charge in [-0.1, -0.05) is 68.9 Å². The molecule has 1 saturated heterocycles. The molecule has 8 heteroatoms. The SMILES string of the molecule is CCC(C)SC(=O)[C@@]12ON(CCCc3ccccc3)C[C@@H]1C[C@H]1[C@@H]3C[C@H](F)C4=CC(=O)C=C[C@]4(C)[C@@]3(F)[C@@H](O)C[C@@]12C. The van der Waals surface area contributed by atoms with Gasteiger partial charge in [-0.25, -0.2) is 8.78 Å². The van der Waals surface area contributed by atoms with Crippen molar-refractivity contribution in [3.63, 3.8) is 0 Å². The minimum Gasteiger partial charge on any atom is -0.390 e. The van der Waals surface area contributed by atoms with Crippen LogP contribution in [0.3, 0.4) is 0 Å². The van der Waals surface area contributed by atoms with Crippen LogP contribution < -0.4 is 0 Å². The van der Waals surface area contributed by atoms with Gasteiger partial charge >= 0.3 is 0 Å². The van der Waals surface area contributed by atoms with Gasteiger partial charge in [0.15, 0.2) is 17.1 Å². The summed E-state index contributed by atoms with van der Waals surface area (Å²) in [6.45, 7) is 8.87. The first-order valence-corrected chi connectivity index (χ1v) is 16.4. The van der Waals surface area contributed by atoms with Crippen LogP contribution in [0.2, 0.25) is 0 Å². The van der Waals surface area contributed by atoms with Crippen molar-refractivity contribution in [3.8, 4) is 0 Å². The molecule has 4 aliphatic carbocycles. The zero-order valence-electron chi connectivity index (χ0n) is 25.0. The third kappa shape index (κ3) is 4.18. The molecule has 10 atom stereocenters. The van der Waals surface area contributed by atoms with E-state index in [9.17, 15) is 14.7 Å². The maximum Gasteiger partial charge on any atom is 0.224 e. The van der Waals surface area contributed by atoms with Crippen molar-refractivity contribution in [2.45, 2.75) is 95.0 Å². The van der Waals surface area contributed by atoms with Crippen molar-refractivity contribution in [3.05, 3.63) is 59.7 Å². The first kappa shape index (κ1) is 30.2. The number of alkyl halides is 2. The van der Waals surface area contributed by atoms with Crippen LogP contribution in [0.1, 0.15) is 65.4 Å². The number of aliphatic hydroxyl groups is 1. The highest BCUT2D eigenvalue weighted by Crippen LogP contribution is 2.73. The number of allylic oxidation sites excluding steroid dienone is 4. The van der Waals surface area contributed by atoms with E-state index < -0.39 is 40.3 Å². The molecule has 6 rings (SSSR count). The number of hydrogen-bond donors (Lipinski definition) is 1. The molecule has 228 valence electrons. The number of hydrogen-bond acceptors (Lipinski definition) is 6. The standard InChI is InChI=1S/C34H43F2NO4S/c1-5-21(2)42-30(40)34-23(20-37(41-34)15-9-12-22-10-7-6-8-11-22)16-25-26-18-28(35)27-17-24(38)13-14-31(27,3)33(26,36)29(39)19-32(25,34)4/h6-8,10-11,13-14,17,21,23,25-26,28-29,39H,5,9,12,15-16,18-20H2,1-4H3/t21?,23-,25-,26-,28-,29-,31-,32-,33-,34-/m0/s1. The summed E-state index contributed by atoms with van der Waals surface area (Å²) < 4.78 is 33.5. The third-order valence-electron chi connectivity index (χ3n) is 11.6. The molecular formula is C34H43F2NO4S. The number of halogens is 2. The number of ketones is 1. The molecule has 42 heavy (non-hydrogen) atoms. The van der Waals surface area contributed by atoms with Gasteiger partial charge in [-0.05, 0) is 74.7 Å². The highest BCUT2D eigenvalue weighted by molar-refractivity contribution is 8.14. The first-order valence-electron chi connectivity index (χ1n) is 15.6. The normalized spacial score (nSPS) is 43.3. The summed E-state index contributed by atoms with van der Waals surface area (Å²) in [5.41, 5.74) is -4.33. The van der Waals surface area contributed by atoms with Gasteiger partial charge in [0.25, 0.3) is 0 Å². The fraction of sp³-hybridized carbons (Fsp3) is 0.647. The van der Waals surface area contributed by atoms with Gasteiger partial charge in [0.05, 0.1) is 6.10 Å². The minimum atomic E-state index is -2.16. The van der Waals surface area contributed by atoms with Crippen molar-refractivity contribution >= 4 is 22.7 Å². The summed E-state index contributed by atoms with van der Waals surface area (Å²) in [5, 5.41) is 13.7. The van der Waals surface area contributed by atoms with Crippen molar-refractivity contribution in [2.75, 3.05) is 13.1 Å². The minimum absolute atomic E-state index is 0.0352. The Labute approximate surface area is 252 Å². The predicted molar refractivity (Wildman–Crippen MR) is 160 cm³/mol. The van der Waals surface area contributed by atoms with Gasteiger partial charge in [0, 0.05) is 41.0 Å². The van der Waals surface area contributed by atoms with Crippen LogP contribution in [0, 0.1) is 28.6 Å². The van der Waals surface area contributed by atoms with Gasteiger partial charge in [0.2, 0.25) is 5.12 Å². The Morgan fingerprint density at radius 3 is 2.67 bits per heavy atom. The summed E-state index contributed by atoms with van der Waals surface area (Å²) in [6, 6.07) is 10.3. The molecule has 0 aromatic heterocycles. The fourth-order valence-corrected chi connectivity index (χ4v) is 10.4. The molecule has 0 radical (unpaired) electrons. The Bertz CT molecular complexity index is 1310. The fourth-order valence-electron chi connectivity index (χ4n) is 9.25. The lowest BCUT2D eigenvalue weighted by atomic mass is 9.44. The zero-order valence-corrected chi connectivity index (χ0v) is 25.8. The quantitative estimate of drug-likeness (QED) is 0.402. The molecule has 4 fully saturated rings. The van der Waals surface area contributed by atoms with Gasteiger partial charge in [0.1, 0.15) is 6.17 Å². The molecule has 3 saturated carbocycles. The average Bonchev–Trinajstić information content (AvgIpc) is 3.44. The van der Waals surface area contributed by atoms with Gasteiger partial charge < -0.3 is 5.11 Å². The maximum absolute atomic E-state index is 17.6. The highest BCUT2D eigenvalue weighted by Gasteiger charge is 2.79. The Balaban J connectivity index is 1.34. The Morgan fingerprint density at radius 2 is 1.95 bits per heavy atom. The van der Waals surface area contributed by atoms with E-state index >= 15 is 8.78 Å². The topological polar surface area (TPSA) is 66.8 Å². The Morgan fingerprint density at radius 1 is 1.21 bits per heavy atom. The Kier molecular flexibility index (Phi) is 7.64. The number of benzene rings is 1. The molecule has 1 aromatic carbocycles. The largest absolute Gasteiger partial charge is 0.390 e. The highest BCUT2D eigenvalue weighted by atomic mass is 32.2. The maximum atomic E-state index is 17.6. The van der Waals surface area contributed by atoms with Crippen LogP contribution in [0.5, 0.6) is 0 Å². The number of nitrogens with zero attached hydrogens (tertiary/aromatic N) is 1. The second-order valence-electron chi connectivity index (χ2n) is 13.7. The lowest BCUT2D eigenvalue weighted by Crippen LogP contribution is -2.70. The molecule has 0 bridgehead atoms. The van der Waals surface area contributed by atoms with E-state index in [0.29, 0.717) is 19.5 Å². The van der Waals surface area contributed by atoms with E-state index in [1.165, 1.54) is 35.6 Å². The molecule has 1 aromatic rings. The smallest absolute Gasteiger partial charge is 0.224 e. The molecule has 1 aliphatic heterocycles. The first-order chi connectivity index (χ1) is 19.9. The lowest BCUT2D eigenvalue weighted by molar-refractivity contribution is -0.263. The number of fused-ring (bicyclic) bond motifs is 7. The summed E-state index contributed by atoms with van der Waals surface area (Å²) in [7, 11) is 0. The number of aryl methyl sites for hydroxylation is 1. The number of carbonyl (C=O) groups is 2. The molecule has 0 amide bonds. The molecular weight excluding hydrogens is 556 g/mol. The zero-order chi connectivity index (χ0) is 30.1. The number of rotatable bonds is 7. The summed E-state index contributed by atoms with van der Waals surface area (Å²) in [4.78, 5) is 33.3. The monoisotopic (exact) mass is 599 g/mol. The van der Waals surface area contributed by atoms with Crippen LogP contribution >= 0.6 is 11.8 Å². The van der Waals surface area contributed by atoms with E-state index in [0.717, 1.165) is 19.3 Å².